The minimum absolute atomic E-state index is 0.0828. The third-order valence-corrected chi connectivity index (χ3v) is 5.85. The van der Waals surface area contributed by atoms with Crippen LogP contribution in [-0.4, -0.2) is 71.9 Å². The molecule has 3 heterocycles. The summed E-state index contributed by atoms with van der Waals surface area (Å²) in [5.41, 5.74) is 5.87. The number of aromatic nitrogens is 2. The van der Waals surface area contributed by atoms with Crippen LogP contribution >= 0.6 is 11.3 Å². The molecular formula is C20H23N5O4S. The molecule has 10 heteroatoms. The van der Waals surface area contributed by atoms with Crippen LogP contribution in [0.3, 0.4) is 0 Å². The Kier molecular flexibility index (Phi) is 5.86. The molecule has 3 aromatic rings. The summed E-state index contributed by atoms with van der Waals surface area (Å²) in [6.07, 6.45) is 0. The molecule has 1 aliphatic rings. The van der Waals surface area contributed by atoms with E-state index in [-0.39, 0.29) is 31.1 Å². The summed E-state index contributed by atoms with van der Waals surface area (Å²) >= 11 is 1.49. The number of ether oxygens (including phenoxy) is 2. The van der Waals surface area contributed by atoms with Crippen LogP contribution in [0.1, 0.15) is 0 Å². The van der Waals surface area contributed by atoms with E-state index in [1.54, 1.807) is 30.2 Å². The lowest BCUT2D eigenvalue weighted by Gasteiger charge is -2.41. The van der Waals surface area contributed by atoms with E-state index in [4.69, 9.17) is 15.2 Å². The Morgan fingerprint density at radius 3 is 2.93 bits per heavy atom. The Morgan fingerprint density at radius 1 is 1.30 bits per heavy atom. The smallest absolute Gasteiger partial charge is 0.260 e. The van der Waals surface area contributed by atoms with Crippen LogP contribution in [0.5, 0.6) is 11.5 Å². The number of thiophene rings is 1. The molecule has 1 fully saturated rings. The van der Waals surface area contributed by atoms with Gasteiger partial charge in [0.15, 0.2) is 6.61 Å². The van der Waals surface area contributed by atoms with Crippen LogP contribution in [0, 0.1) is 0 Å². The maximum Gasteiger partial charge on any atom is 0.260 e. The van der Waals surface area contributed by atoms with Gasteiger partial charge in [-0.3, -0.25) is 4.79 Å². The van der Waals surface area contributed by atoms with Gasteiger partial charge in [0.2, 0.25) is 5.95 Å². The van der Waals surface area contributed by atoms with Crippen molar-refractivity contribution in [3.05, 3.63) is 35.7 Å². The Balaban J connectivity index is 1.44. The van der Waals surface area contributed by atoms with Gasteiger partial charge in [-0.05, 0) is 23.6 Å². The normalized spacial score (nSPS) is 16.7. The summed E-state index contributed by atoms with van der Waals surface area (Å²) in [5.74, 6) is 1.98. The standard InChI is InChI=1S/C20H23N5O4S/c1-28-14-3-2-4-15(9-14)29-12-17(27)24-6-7-25(13(10-24)11-26)18-16-5-8-30-19(16)23-20(21)22-18/h2-5,8-9,13,26H,6-7,10-12H2,1H3,(H2,21,22,23). The number of fused-ring (bicyclic) bond motifs is 1. The van der Waals surface area contributed by atoms with E-state index >= 15 is 0 Å². The number of carbonyl (C=O) groups is 1. The first-order valence-corrected chi connectivity index (χ1v) is 10.4. The van der Waals surface area contributed by atoms with E-state index in [2.05, 4.69) is 9.97 Å². The number of hydrogen-bond acceptors (Lipinski definition) is 9. The molecule has 1 unspecified atom stereocenters. The summed E-state index contributed by atoms with van der Waals surface area (Å²) in [4.78, 5) is 25.8. The van der Waals surface area contributed by atoms with Crippen molar-refractivity contribution in [1.82, 2.24) is 14.9 Å². The maximum absolute atomic E-state index is 12.7. The van der Waals surface area contributed by atoms with Crippen LogP contribution in [0.25, 0.3) is 10.2 Å². The van der Waals surface area contributed by atoms with E-state index < -0.39 is 0 Å². The Labute approximate surface area is 177 Å². The zero-order valence-electron chi connectivity index (χ0n) is 16.5. The van der Waals surface area contributed by atoms with Gasteiger partial charge in [0.05, 0.1) is 25.1 Å². The van der Waals surface area contributed by atoms with Crippen molar-refractivity contribution in [2.75, 3.05) is 50.6 Å². The minimum Gasteiger partial charge on any atom is -0.497 e. The molecule has 3 N–H and O–H groups in total. The fourth-order valence-electron chi connectivity index (χ4n) is 3.52. The second-order valence-corrected chi connectivity index (χ2v) is 7.78. The van der Waals surface area contributed by atoms with Crippen molar-refractivity contribution in [1.29, 1.82) is 0 Å². The lowest BCUT2D eigenvalue weighted by atomic mass is 10.1. The van der Waals surface area contributed by atoms with Gasteiger partial charge in [-0.25, -0.2) is 4.98 Å². The predicted octanol–water partition coefficient (Wildman–Crippen LogP) is 1.37. The second-order valence-electron chi connectivity index (χ2n) is 6.88. The second kappa shape index (κ2) is 8.72. The number of rotatable bonds is 6. The summed E-state index contributed by atoms with van der Waals surface area (Å²) in [6, 6.07) is 8.77. The number of anilines is 2. The molecular weight excluding hydrogens is 406 g/mol. The molecule has 2 aromatic heterocycles. The lowest BCUT2D eigenvalue weighted by molar-refractivity contribution is -0.134. The van der Waals surface area contributed by atoms with Gasteiger partial charge < -0.3 is 30.1 Å². The number of benzene rings is 1. The topological polar surface area (TPSA) is 114 Å². The molecule has 1 aromatic carbocycles. The van der Waals surface area contributed by atoms with Gasteiger partial charge in [0.25, 0.3) is 5.91 Å². The fourth-order valence-corrected chi connectivity index (χ4v) is 4.28. The van der Waals surface area contributed by atoms with Crippen molar-refractivity contribution in [3.63, 3.8) is 0 Å². The van der Waals surface area contributed by atoms with Crippen LogP contribution in [0.4, 0.5) is 11.8 Å². The summed E-state index contributed by atoms with van der Waals surface area (Å²) in [7, 11) is 1.58. The fraction of sp³-hybridized carbons (Fsp3) is 0.350. The molecule has 0 aliphatic carbocycles. The zero-order valence-corrected chi connectivity index (χ0v) is 17.3. The number of nitrogen functional groups attached to an aromatic ring is 1. The number of aliphatic hydroxyl groups is 1. The van der Waals surface area contributed by atoms with Crippen LogP contribution in [0.2, 0.25) is 0 Å². The first-order valence-electron chi connectivity index (χ1n) is 9.52. The maximum atomic E-state index is 12.7. The molecule has 1 aliphatic heterocycles. The average Bonchev–Trinajstić information content (AvgIpc) is 3.25. The molecule has 1 saturated heterocycles. The van der Waals surface area contributed by atoms with E-state index in [1.165, 1.54) is 11.3 Å². The van der Waals surface area contributed by atoms with E-state index in [9.17, 15) is 9.90 Å². The first kappa shape index (κ1) is 20.2. The summed E-state index contributed by atoms with van der Waals surface area (Å²) < 4.78 is 10.8. The molecule has 30 heavy (non-hydrogen) atoms. The third-order valence-electron chi connectivity index (χ3n) is 5.04. The SMILES string of the molecule is COc1cccc(OCC(=O)N2CCN(c3nc(N)nc4sccc34)C(CO)C2)c1. The van der Waals surface area contributed by atoms with Gasteiger partial charge in [0.1, 0.15) is 22.1 Å². The molecule has 158 valence electrons. The van der Waals surface area contributed by atoms with Crippen molar-refractivity contribution in [3.8, 4) is 11.5 Å². The number of carbonyl (C=O) groups excluding carboxylic acids is 1. The lowest BCUT2D eigenvalue weighted by Crippen LogP contribution is -2.57. The summed E-state index contributed by atoms with van der Waals surface area (Å²) in [5, 5.41) is 12.8. The zero-order chi connectivity index (χ0) is 21.1. The third kappa shape index (κ3) is 4.10. The number of methoxy groups -OCH3 is 1. The molecule has 0 bridgehead atoms. The van der Waals surface area contributed by atoms with E-state index in [1.807, 2.05) is 22.4 Å². The Hall–Kier alpha value is -3.11. The quantitative estimate of drug-likeness (QED) is 0.604. The van der Waals surface area contributed by atoms with Crippen molar-refractivity contribution >= 4 is 39.2 Å². The highest BCUT2D eigenvalue weighted by molar-refractivity contribution is 7.16. The van der Waals surface area contributed by atoms with Crippen molar-refractivity contribution < 1.29 is 19.4 Å². The highest BCUT2D eigenvalue weighted by Gasteiger charge is 2.31. The molecule has 1 amide bonds. The van der Waals surface area contributed by atoms with Gasteiger partial charge in [-0.15, -0.1) is 11.3 Å². The molecule has 0 saturated carbocycles. The molecule has 9 nitrogen and oxygen atoms in total. The highest BCUT2D eigenvalue weighted by atomic mass is 32.1. The number of aliphatic hydroxyl groups excluding tert-OH is 1. The number of nitrogens with zero attached hydrogens (tertiary/aromatic N) is 4. The monoisotopic (exact) mass is 429 g/mol. The van der Waals surface area contributed by atoms with Crippen molar-refractivity contribution in [2.45, 2.75) is 6.04 Å². The number of hydrogen-bond donors (Lipinski definition) is 2. The van der Waals surface area contributed by atoms with E-state index in [0.717, 1.165) is 10.2 Å². The minimum atomic E-state index is -0.295. The number of nitrogens with two attached hydrogens (primary N) is 1. The van der Waals surface area contributed by atoms with Gasteiger partial charge >= 0.3 is 0 Å². The molecule has 0 spiro atoms. The van der Waals surface area contributed by atoms with Crippen molar-refractivity contribution in [2.24, 2.45) is 0 Å². The first-order chi connectivity index (χ1) is 14.6. The van der Waals surface area contributed by atoms with Crippen LogP contribution in [0.15, 0.2) is 35.7 Å². The average molecular weight is 430 g/mol. The number of piperazine rings is 1. The summed E-state index contributed by atoms with van der Waals surface area (Å²) in [6.45, 7) is 1.19. The predicted molar refractivity (Wildman–Crippen MR) is 115 cm³/mol. The van der Waals surface area contributed by atoms with Gasteiger partial charge in [0, 0.05) is 25.7 Å². The molecule has 1 atom stereocenters. The van der Waals surface area contributed by atoms with Crippen LogP contribution < -0.4 is 20.1 Å². The van der Waals surface area contributed by atoms with Gasteiger partial charge in [-0.2, -0.15) is 4.98 Å². The highest BCUT2D eigenvalue weighted by Crippen LogP contribution is 2.30. The van der Waals surface area contributed by atoms with Gasteiger partial charge in [-0.1, -0.05) is 6.07 Å². The van der Waals surface area contributed by atoms with Crippen LogP contribution in [-0.2, 0) is 4.79 Å². The Morgan fingerprint density at radius 2 is 2.13 bits per heavy atom. The largest absolute Gasteiger partial charge is 0.497 e. The molecule has 4 rings (SSSR count). The Bertz CT molecular complexity index is 1040. The molecule has 0 radical (unpaired) electrons. The number of amides is 1. The van der Waals surface area contributed by atoms with E-state index in [0.29, 0.717) is 37.0 Å².